The number of fused-ring (bicyclic) bond motifs is 4. The molecule has 0 unspecified atom stereocenters. The Morgan fingerprint density at radius 3 is 2.21 bits per heavy atom. The lowest BCUT2D eigenvalue weighted by Crippen LogP contribution is -2.45. The van der Waals surface area contributed by atoms with Gasteiger partial charge in [0, 0.05) is 12.6 Å². The Morgan fingerprint density at radius 1 is 0.895 bits per heavy atom. The Morgan fingerprint density at radius 2 is 1.63 bits per heavy atom. The van der Waals surface area contributed by atoms with E-state index >= 15 is 0 Å². The summed E-state index contributed by atoms with van der Waals surface area (Å²) in [6.45, 7) is 1.12. The molecule has 2 nitrogen and oxygen atoms in total. The lowest BCUT2D eigenvalue weighted by molar-refractivity contribution is 0.330. The number of hydrogen-bond donors (Lipinski definition) is 2. The first-order valence-corrected chi connectivity index (χ1v) is 8.73. The van der Waals surface area contributed by atoms with Crippen molar-refractivity contribution in [3.05, 3.63) is 0 Å². The fourth-order valence-electron chi connectivity index (χ4n) is 5.49. The smallest absolute Gasteiger partial charge is 0.166 e. The van der Waals surface area contributed by atoms with Gasteiger partial charge in [-0.15, -0.1) is 0 Å². The summed E-state index contributed by atoms with van der Waals surface area (Å²) in [6.07, 6.45) is 11.6. The molecule has 0 aliphatic heterocycles. The Bertz CT molecular complexity index is 370. The Balaban J connectivity index is 1.22. The molecule has 4 fully saturated rings. The second-order valence-corrected chi connectivity index (χ2v) is 7.98. The summed E-state index contributed by atoms with van der Waals surface area (Å²) in [7, 11) is 0. The highest BCUT2D eigenvalue weighted by atomic mass is 32.1. The topological polar surface area (TPSA) is 24.1 Å². The maximum absolute atomic E-state index is 5.50. The van der Waals surface area contributed by atoms with Gasteiger partial charge in [0.05, 0.1) is 0 Å². The summed E-state index contributed by atoms with van der Waals surface area (Å²) in [6, 6.07) is 0.679. The summed E-state index contributed by atoms with van der Waals surface area (Å²) in [5.74, 6) is 4.85. The van der Waals surface area contributed by atoms with Crippen molar-refractivity contribution in [1.82, 2.24) is 10.6 Å². The Kier molecular flexibility index (Phi) is 3.21. The normalized spacial score (nSPS) is 46.7. The van der Waals surface area contributed by atoms with Crippen LogP contribution in [0, 0.1) is 29.6 Å². The van der Waals surface area contributed by atoms with Crippen LogP contribution in [0.25, 0.3) is 0 Å². The molecule has 0 amide bonds. The largest absolute Gasteiger partial charge is 0.362 e. The molecule has 19 heavy (non-hydrogen) atoms. The van der Waals surface area contributed by atoms with Gasteiger partial charge in [-0.05, 0) is 80.3 Å². The molecule has 0 spiro atoms. The van der Waals surface area contributed by atoms with E-state index in [1.165, 1.54) is 51.4 Å². The van der Waals surface area contributed by atoms with Gasteiger partial charge < -0.3 is 10.6 Å². The molecule has 0 aromatic rings. The van der Waals surface area contributed by atoms with Crippen molar-refractivity contribution in [3.63, 3.8) is 0 Å². The SMILES string of the molecule is S=C(NC[C@H]1C[C@H]2CC[C@H]1C2)N[C@@H]1C[C@@H]2CC[C@@H]1C2. The Labute approximate surface area is 122 Å². The summed E-state index contributed by atoms with van der Waals surface area (Å²) in [4.78, 5) is 0. The number of nitrogens with one attached hydrogen (secondary N) is 2. The molecule has 4 bridgehead atoms. The van der Waals surface area contributed by atoms with Crippen LogP contribution in [0.15, 0.2) is 0 Å². The summed E-state index contributed by atoms with van der Waals surface area (Å²) < 4.78 is 0. The van der Waals surface area contributed by atoms with E-state index in [1.54, 1.807) is 0 Å². The van der Waals surface area contributed by atoms with Crippen molar-refractivity contribution in [2.45, 2.75) is 57.4 Å². The van der Waals surface area contributed by atoms with E-state index < -0.39 is 0 Å². The predicted octanol–water partition coefficient (Wildman–Crippen LogP) is 3.08. The molecule has 0 aromatic heterocycles. The number of hydrogen-bond acceptors (Lipinski definition) is 1. The van der Waals surface area contributed by atoms with Gasteiger partial charge in [0.2, 0.25) is 0 Å². The van der Waals surface area contributed by atoms with Crippen LogP contribution >= 0.6 is 12.2 Å². The van der Waals surface area contributed by atoms with Gasteiger partial charge >= 0.3 is 0 Å². The third kappa shape index (κ3) is 2.39. The molecule has 4 saturated carbocycles. The van der Waals surface area contributed by atoms with Crippen LogP contribution in [0.2, 0.25) is 0 Å². The fourth-order valence-corrected chi connectivity index (χ4v) is 5.73. The van der Waals surface area contributed by atoms with Crippen molar-refractivity contribution < 1.29 is 0 Å². The van der Waals surface area contributed by atoms with E-state index in [2.05, 4.69) is 10.6 Å². The van der Waals surface area contributed by atoms with Crippen LogP contribution in [0.1, 0.15) is 51.4 Å². The lowest BCUT2D eigenvalue weighted by atomic mass is 9.89. The van der Waals surface area contributed by atoms with Crippen LogP contribution in [0.5, 0.6) is 0 Å². The highest BCUT2D eigenvalue weighted by molar-refractivity contribution is 7.80. The maximum atomic E-state index is 5.50. The molecule has 4 aliphatic carbocycles. The molecule has 0 heterocycles. The minimum atomic E-state index is 0.679. The second-order valence-electron chi connectivity index (χ2n) is 7.57. The van der Waals surface area contributed by atoms with Crippen LogP contribution in [0.3, 0.4) is 0 Å². The Hall–Kier alpha value is -0.310. The standard InChI is InChI=1S/C16H26N2S/c19-16(18-15-8-11-2-4-13(15)6-11)17-9-14-7-10-1-3-12(14)5-10/h10-15H,1-9H2,(H2,17,18,19)/t10-,11+,12-,13+,14+,15+/m0/s1. The van der Waals surface area contributed by atoms with Gasteiger partial charge in [-0.2, -0.15) is 0 Å². The monoisotopic (exact) mass is 278 g/mol. The average Bonchev–Trinajstić information content (AvgIpc) is 3.16. The zero-order valence-corrected chi connectivity index (χ0v) is 12.6. The van der Waals surface area contributed by atoms with Gasteiger partial charge in [0.15, 0.2) is 5.11 Å². The van der Waals surface area contributed by atoms with Crippen LogP contribution in [-0.2, 0) is 0 Å². The van der Waals surface area contributed by atoms with E-state index in [4.69, 9.17) is 12.2 Å². The van der Waals surface area contributed by atoms with E-state index in [0.717, 1.165) is 41.2 Å². The van der Waals surface area contributed by atoms with E-state index in [9.17, 15) is 0 Å². The van der Waals surface area contributed by atoms with Crippen molar-refractivity contribution in [3.8, 4) is 0 Å². The molecule has 106 valence electrons. The van der Waals surface area contributed by atoms with Crippen molar-refractivity contribution >= 4 is 17.3 Å². The minimum absolute atomic E-state index is 0.679. The predicted molar refractivity (Wildman–Crippen MR) is 81.9 cm³/mol. The third-order valence-electron chi connectivity index (χ3n) is 6.46. The number of thiocarbonyl (C=S) groups is 1. The zero-order valence-electron chi connectivity index (χ0n) is 11.7. The molecule has 4 aliphatic rings. The van der Waals surface area contributed by atoms with Gasteiger partial charge in [-0.1, -0.05) is 12.8 Å². The first-order valence-electron chi connectivity index (χ1n) is 8.32. The highest BCUT2D eigenvalue weighted by Crippen LogP contribution is 2.48. The summed E-state index contributed by atoms with van der Waals surface area (Å²) in [5, 5.41) is 8.05. The molecule has 0 saturated heterocycles. The third-order valence-corrected chi connectivity index (χ3v) is 6.73. The average molecular weight is 278 g/mol. The van der Waals surface area contributed by atoms with Crippen LogP contribution < -0.4 is 10.6 Å². The van der Waals surface area contributed by atoms with Crippen molar-refractivity contribution in [2.24, 2.45) is 29.6 Å². The summed E-state index contributed by atoms with van der Waals surface area (Å²) >= 11 is 5.50. The van der Waals surface area contributed by atoms with Crippen molar-refractivity contribution in [1.29, 1.82) is 0 Å². The second kappa shape index (κ2) is 4.91. The van der Waals surface area contributed by atoms with E-state index in [-0.39, 0.29) is 0 Å². The molecule has 6 atom stereocenters. The maximum Gasteiger partial charge on any atom is 0.166 e. The minimum Gasteiger partial charge on any atom is -0.362 e. The lowest BCUT2D eigenvalue weighted by Gasteiger charge is -2.26. The fraction of sp³-hybridized carbons (Fsp3) is 0.938. The van der Waals surface area contributed by atoms with E-state index in [1.807, 2.05) is 0 Å². The molecule has 3 heteroatoms. The molecule has 0 radical (unpaired) electrons. The molecular formula is C16H26N2S. The van der Waals surface area contributed by atoms with Crippen LogP contribution in [-0.4, -0.2) is 17.7 Å². The highest BCUT2D eigenvalue weighted by Gasteiger charge is 2.41. The van der Waals surface area contributed by atoms with Gasteiger partial charge in [0.25, 0.3) is 0 Å². The zero-order chi connectivity index (χ0) is 12.8. The van der Waals surface area contributed by atoms with E-state index in [0.29, 0.717) is 6.04 Å². The first kappa shape index (κ1) is 12.4. The van der Waals surface area contributed by atoms with Crippen molar-refractivity contribution in [2.75, 3.05) is 6.54 Å². The first-order chi connectivity index (χ1) is 9.28. The van der Waals surface area contributed by atoms with Gasteiger partial charge in [-0.25, -0.2) is 0 Å². The summed E-state index contributed by atoms with van der Waals surface area (Å²) in [5.41, 5.74) is 0. The van der Waals surface area contributed by atoms with Gasteiger partial charge in [0.1, 0.15) is 0 Å². The van der Waals surface area contributed by atoms with Gasteiger partial charge in [-0.3, -0.25) is 0 Å². The molecular weight excluding hydrogens is 252 g/mol. The molecule has 4 rings (SSSR count). The van der Waals surface area contributed by atoms with Crippen LogP contribution in [0.4, 0.5) is 0 Å². The quantitative estimate of drug-likeness (QED) is 0.776. The number of rotatable bonds is 3. The molecule has 2 N–H and O–H groups in total. The molecule has 0 aromatic carbocycles.